The molecule has 2 rings (SSSR count). The highest BCUT2D eigenvalue weighted by Gasteiger charge is 2.08. The fraction of sp³-hybridized carbons (Fsp3) is 0.0769. The highest BCUT2D eigenvalue weighted by Crippen LogP contribution is 2.29. The second-order valence-electron chi connectivity index (χ2n) is 3.45. The summed E-state index contributed by atoms with van der Waals surface area (Å²) in [6.45, 7) is 1.83. The Hall–Kier alpha value is -2.05. The zero-order chi connectivity index (χ0) is 12.3. The molecular weight excluding hydrogens is 236 g/mol. The number of halogens is 1. The molecule has 0 aliphatic carbocycles. The zero-order valence-electron chi connectivity index (χ0n) is 9.14. The molecule has 3 nitrogen and oxygen atoms in total. The molecule has 0 aliphatic rings. The molecule has 0 aliphatic heterocycles. The number of benzene rings is 1. The van der Waals surface area contributed by atoms with Gasteiger partial charge in [-0.2, -0.15) is 5.26 Å². The van der Waals surface area contributed by atoms with E-state index < -0.39 is 0 Å². The summed E-state index contributed by atoms with van der Waals surface area (Å²) in [6, 6.07) is 12.5. The van der Waals surface area contributed by atoms with Crippen molar-refractivity contribution in [3.8, 4) is 17.7 Å². The number of para-hydroxylation sites is 1. The van der Waals surface area contributed by atoms with Crippen LogP contribution in [0.2, 0.25) is 5.02 Å². The monoisotopic (exact) mass is 244 g/mol. The third-order valence-corrected chi connectivity index (χ3v) is 2.48. The molecule has 0 amide bonds. The predicted octanol–water partition coefficient (Wildman–Crippen LogP) is 3.71. The first-order chi connectivity index (χ1) is 8.20. The van der Waals surface area contributed by atoms with Gasteiger partial charge in [-0.15, -0.1) is 0 Å². The van der Waals surface area contributed by atoms with Crippen LogP contribution in [0.4, 0.5) is 0 Å². The second-order valence-corrected chi connectivity index (χ2v) is 3.86. The Morgan fingerprint density at radius 1 is 1.24 bits per heavy atom. The van der Waals surface area contributed by atoms with E-state index in [0.717, 1.165) is 5.69 Å². The molecule has 17 heavy (non-hydrogen) atoms. The van der Waals surface area contributed by atoms with Gasteiger partial charge in [-0.25, -0.2) is 4.98 Å². The molecule has 0 radical (unpaired) electrons. The summed E-state index contributed by atoms with van der Waals surface area (Å²) < 4.78 is 5.55. The van der Waals surface area contributed by atoms with Gasteiger partial charge < -0.3 is 4.74 Å². The summed E-state index contributed by atoms with van der Waals surface area (Å²) in [5.41, 5.74) is 1.17. The van der Waals surface area contributed by atoms with Crippen molar-refractivity contribution in [1.29, 1.82) is 5.26 Å². The number of pyridine rings is 1. The van der Waals surface area contributed by atoms with Gasteiger partial charge in [0.1, 0.15) is 17.4 Å². The summed E-state index contributed by atoms with van der Waals surface area (Å²) in [5.74, 6) is 0.768. The molecule has 0 saturated heterocycles. The molecule has 0 saturated carbocycles. The first-order valence-electron chi connectivity index (χ1n) is 5.01. The second kappa shape index (κ2) is 4.86. The molecule has 1 aromatic carbocycles. The Kier molecular flexibility index (Phi) is 3.27. The quantitative estimate of drug-likeness (QED) is 0.809. The van der Waals surface area contributed by atoms with Crippen LogP contribution in [0.25, 0.3) is 0 Å². The molecule has 1 aromatic heterocycles. The van der Waals surface area contributed by atoms with Gasteiger partial charge >= 0.3 is 0 Å². The van der Waals surface area contributed by atoms with Crippen molar-refractivity contribution < 1.29 is 4.74 Å². The Morgan fingerprint density at radius 2 is 2.00 bits per heavy atom. The van der Waals surface area contributed by atoms with Crippen LogP contribution in [0, 0.1) is 18.3 Å². The lowest BCUT2D eigenvalue weighted by Gasteiger charge is -2.08. The van der Waals surface area contributed by atoms with E-state index in [0.29, 0.717) is 16.3 Å². The lowest BCUT2D eigenvalue weighted by Crippen LogP contribution is -1.94. The third-order valence-electron chi connectivity index (χ3n) is 2.16. The van der Waals surface area contributed by atoms with Crippen molar-refractivity contribution in [2.75, 3.05) is 0 Å². The Labute approximate surface area is 104 Å². The molecule has 0 spiro atoms. The van der Waals surface area contributed by atoms with Gasteiger partial charge in [0.2, 0.25) is 5.88 Å². The standard InChI is InChI=1S/C13H9ClN2O/c1-9-6-7-10(8-15)13(16-9)17-12-5-3-2-4-11(12)14/h2-7H,1H3. The molecule has 0 fully saturated rings. The maximum Gasteiger partial charge on any atom is 0.237 e. The third kappa shape index (κ3) is 2.55. The molecule has 84 valence electrons. The molecule has 0 bridgehead atoms. The SMILES string of the molecule is Cc1ccc(C#N)c(Oc2ccccc2Cl)n1. The average molecular weight is 245 g/mol. The molecule has 1 heterocycles. The van der Waals surface area contributed by atoms with Crippen molar-refractivity contribution in [2.45, 2.75) is 6.92 Å². The summed E-state index contributed by atoms with van der Waals surface area (Å²) in [4.78, 5) is 4.18. The number of aromatic nitrogens is 1. The van der Waals surface area contributed by atoms with Crippen LogP contribution in [0.1, 0.15) is 11.3 Å². The summed E-state index contributed by atoms with van der Waals surface area (Å²) in [7, 11) is 0. The zero-order valence-corrected chi connectivity index (χ0v) is 9.90. The largest absolute Gasteiger partial charge is 0.436 e. The van der Waals surface area contributed by atoms with E-state index >= 15 is 0 Å². The van der Waals surface area contributed by atoms with Crippen molar-refractivity contribution in [1.82, 2.24) is 4.98 Å². The topological polar surface area (TPSA) is 45.9 Å². The van der Waals surface area contributed by atoms with Gasteiger partial charge in [0.05, 0.1) is 5.02 Å². The summed E-state index contributed by atoms with van der Waals surface area (Å²) >= 11 is 5.97. The molecule has 0 N–H and O–H groups in total. The molecular formula is C13H9ClN2O. The van der Waals surface area contributed by atoms with Crippen LogP contribution < -0.4 is 4.74 Å². The molecule has 0 unspecified atom stereocenters. The fourth-order valence-corrected chi connectivity index (χ4v) is 1.50. The van der Waals surface area contributed by atoms with E-state index in [1.807, 2.05) is 25.1 Å². The number of ether oxygens (including phenoxy) is 1. The maximum atomic E-state index is 8.95. The van der Waals surface area contributed by atoms with E-state index in [1.54, 1.807) is 24.3 Å². The molecule has 2 aromatic rings. The minimum atomic E-state index is 0.278. The van der Waals surface area contributed by atoms with Gasteiger partial charge in [-0.05, 0) is 31.2 Å². The van der Waals surface area contributed by atoms with Gasteiger partial charge in [0.25, 0.3) is 0 Å². The minimum Gasteiger partial charge on any atom is -0.436 e. The Balaban J connectivity index is 2.40. The van der Waals surface area contributed by atoms with E-state index in [4.69, 9.17) is 21.6 Å². The number of rotatable bonds is 2. The van der Waals surface area contributed by atoms with E-state index in [-0.39, 0.29) is 5.88 Å². The number of nitriles is 1. The number of hydrogen-bond donors (Lipinski definition) is 0. The Morgan fingerprint density at radius 3 is 2.71 bits per heavy atom. The van der Waals surface area contributed by atoms with Crippen molar-refractivity contribution in [3.63, 3.8) is 0 Å². The van der Waals surface area contributed by atoms with Gasteiger partial charge in [0, 0.05) is 5.69 Å². The van der Waals surface area contributed by atoms with Crippen molar-refractivity contribution in [3.05, 3.63) is 52.7 Å². The van der Waals surface area contributed by atoms with Crippen molar-refractivity contribution >= 4 is 11.6 Å². The number of nitrogens with zero attached hydrogens (tertiary/aromatic N) is 2. The predicted molar refractivity (Wildman–Crippen MR) is 65.2 cm³/mol. The summed E-state index contributed by atoms with van der Waals surface area (Å²) in [5, 5.41) is 9.44. The van der Waals surface area contributed by atoms with Gasteiger partial charge in [0.15, 0.2) is 0 Å². The normalized spacial score (nSPS) is 9.71. The number of hydrogen-bond acceptors (Lipinski definition) is 3. The first-order valence-corrected chi connectivity index (χ1v) is 5.38. The van der Waals surface area contributed by atoms with Gasteiger partial charge in [-0.3, -0.25) is 0 Å². The van der Waals surface area contributed by atoms with Crippen LogP contribution in [-0.4, -0.2) is 4.98 Å². The first kappa shape index (κ1) is 11.4. The minimum absolute atomic E-state index is 0.278. The summed E-state index contributed by atoms with van der Waals surface area (Å²) in [6.07, 6.45) is 0. The highest BCUT2D eigenvalue weighted by molar-refractivity contribution is 6.32. The lowest BCUT2D eigenvalue weighted by molar-refractivity contribution is 0.460. The maximum absolute atomic E-state index is 8.95. The van der Waals surface area contributed by atoms with Crippen LogP contribution in [0.5, 0.6) is 11.6 Å². The Bertz CT molecular complexity index is 590. The number of aryl methyl sites for hydroxylation is 1. The van der Waals surface area contributed by atoms with Crippen LogP contribution >= 0.6 is 11.6 Å². The molecule has 4 heteroatoms. The van der Waals surface area contributed by atoms with E-state index in [2.05, 4.69) is 4.98 Å². The fourth-order valence-electron chi connectivity index (χ4n) is 1.33. The average Bonchev–Trinajstić information content (AvgIpc) is 2.32. The van der Waals surface area contributed by atoms with E-state index in [9.17, 15) is 0 Å². The lowest BCUT2D eigenvalue weighted by atomic mass is 10.2. The van der Waals surface area contributed by atoms with Gasteiger partial charge in [-0.1, -0.05) is 23.7 Å². The van der Waals surface area contributed by atoms with E-state index in [1.165, 1.54) is 0 Å². The van der Waals surface area contributed by atoms with Crippen LogP contribution in [0.3, 0.4) is 0 Å². The highest BCUT2D eigenvalue weighted by atomic mass is 35.5. The van der Waals surface area contributed by atoms with Crippen molar-refractivity contribution in [2.24, 2.45) is 0 Å². The van der Waals surface area contributed by atoms with Crippen LogP contribution in [-0.2, 0) is 0 Å². The van der Waals surface area contributed by atoms with Crippen LogP contribution in [0.15, 0.2) is 36.4 Å². The molecule has 0 atom stereocenters. The smallest absolute Gasteiger partial charge is 0.237 e.